The highest BCUT2D eigenvalue weighted by Crippen LogP contribution is 2.23. The van der Waals surface area contributed by atoms with Gasteiger partial charge in [0.2, 0.25) is 0 Å². The van der Waals surface area contributed by atoms with Crippen molar-refractivity contribution in [1.82, 2.24) is 9.55 Å². The normalized spacial score (nSPS) is 11.2. The van der Waals surface area contributed by atoms with E-state index in [9.17, 15) is 0 Å². The highest BCUT2D eigenvalue weighted by Gasteiger charge is 2.10. The number of hydrogen-bond acceptors (Lipinski definition) is 3. The predicted molar refractivity (Wildman–Crippen MR) is 81.6 cm³/mol. The fourth-order valence-electron chi connectivity index (χ4n) is 2.20. The van der Waals surface area contributed by atoms with Crippen molar-refractivity contribution in [3.8, 4) is 5.75 Å². The summed E-state index contributed by atoms with van der Waals surface area (Å²) in [6.07, 6.45) is 2.00. The molecule has 0 radical (unpaired) electrons. The number of imidazole rings is 1. The van der Waals surface area contributed by atoms with Crippen LogP contribution in [-0.4, -0.2) is 29.9 Å². The van der Waals surface area contributed by atoms with Crippen molar-refractivity contribution < 1.29 is 9.47 Å². The molecule has 0 aliphatic carbocycles. The van der Waals surface area contributed by atoms with E-state index in [0.717, 1.165) is 55.2 Å². The topological polar surface area (TPSA) is 36.3 Å². The Morgan fingerprint density at radius 3 is 2.85 bits per heavy atom. The maximum atomic E-state index is 5.99. The van der Waals surface area contributed by atoms with Gasteiger partial charge in [0, 0.05) is 25.8 Å². The Morgan fingerprint density at radius 2 is 2.15 bits per heavy atom. The summed E-state index contributed by atoms with van der Waals surface area (Å²) in [4.78, 5) is 4.56. The minimum absolute atomic E-state index is 0.410. The van der Waals surface area contributed by atoms with E-state index in [2.05, 4.69) is 16.5 Å². The van der Waals surface area contributed by atoms with Crippen LogP contribution in [0.15, 0.2) is 18.2 Å². The van der Waals surface area contributed by atoms with Crippen molar-refractivity contribution in [2.45, 2.75) is 32.2 Å². The van der Waals surface area contributed by atoms with E-state index in [0.29, 0.717) is 5.88 Å². The fraction of sp³-hybridized carbons (Fsp3) is 0.533. The van der Waals surface area contributed by atoms with Crippen LogP contribution in [0.5, 0.6) is 5.75 Å². The molecule has 4 nitrogen and oxygen atoms in total. The zero-order chi connectivity index (χ0) is 14.4. The smallest absolute Gasteiger partial charge is 0.124 e. The third-order valence-corrected chi connectivity index (χ3v) is 3.41. The molecular weight excluding hydrogens is 276 g/mol. The zero-order valence-corrected chi connectivity index (χ0v) is 12.8. The summed E-state index contributed by atoms with van der Waals surface area (Å²) in [5.74, 6) is 2.14. The molecule has 1 aromatic heterocycles. The quantitative estimate of drug-likeness (QED) is 0.551. The SMILES string of the molecule is CCCOCCCn1c(CCl)nc2ccc(OC)cc21. The summed E-state index contributed by atoms with van der Waals surface area (Å²) in [5, 5.41) is 0. The molecule has 0 saturated heterocycles. The standard InChI is InChI=1S/C15H21ClN2O2/c1-3-8-20-9-4-7-18-14-10-12(19-2)5-6-13(14)17-15(18)11-16/h5-6,10H,3-4,7-9,11H2,1-2H3. The molecule has 2 aromatic rings. The van der Waals surface area contributed by atoms with Crippen LogP contribution < -0.4 is 4.74 Å². The number of hydrogen-bond donors (Lipinski definition) is 0. The van der Waals surface area contributed by atoms with E-state index in [1.807, 2.05) is 18.2 Å². The number of aryl methyl sites for hydroxylation is 1. The molecular formula is C15H21ClN2O2. The van der Waals surface area contributed by atoms with Gasteiger partial charge >= 0.3 is 0 Å². The summed E-state index contributed by atoms with van der Waals surface area (Å²) < 4.78 is 13.0. The van der Waals surface area contributed by atoms with Crippen molar-refractivity contribution in [1.29, 1.82) is 0 Å². The van der Waals surface area contributed by atoms with Crippen LogP contribution in [0.4, 0.5) is 0 Å². The molecule has 0 saturated carbocycles. The molecule has 2 rings (SSSR count). The van der Waals surface area contributed by atoms with Gasteiger partial charge in [-0.15, -0.1) is 11.6 Å². The minimum atomic E-state index is 0.410. The van der Waals surface area contributed by atoms with Crippen LogP contribution in [-0.2, 0) is 17.2 Å². The first-order chi connectivity index (χ1) is 9.80. The highest BCUT2D eigenvalue weighted by molar-refractivity contribution is 6.16. The Kier molecular flexibility index (Phi) is 5.68. The molecule has 0 amide bonds. The van der Waals surface area contributed by atoms with Crippen LogP contribution in [0.2, 0.25) is 0 Å². The number of fused-ring (bicyclic) bond motifs is 1. The third-order valence-electron chi connectivity index (χ3n) is 3.17. The van der Waals surface area contributed by atoms with Gasteiger partial charge in [-0.05, 0) is 25.0 Å². The van der Waals surface area contributed by atoms with Gasteiger partial charge in [-0.2, -0.15) is 0 Å². The molecule has 0 fully saturated rings. The number of nitrogens with zero attached hydrogens (tertiary/aromatic N) is 2. The molecule has 0 aliphatic rings. The molecule has 5 heteroatoms. The summed E-state index contributed by atoms with van der Waals surface area (Å²) >= 11 is 5.99. The zero-order valence-electron chi connectivity index (χ0n) is 12.1. The van der Waals surface area contributed by atoms with Gasteiger partial charge in [-0.3, -0.25) is 0 Å². The number of methoxy groups -OCH3 is 1. The van der Waals surface area contributed by atoms with Crippen LogP contribution >= 0.6 is 11.6 Å². The largest absolute Gasteiger partial charge is 0.497 e. The van der Waals surface area contributed by atoms with E-state index < -0.39 is 0 Å². The van der Waals surface area contributed by atoms with Gasteiger partial charge in [0.05, 0.1) is 24.0 Å². The molecule has 20 heavy (non-hydrogen) atoms. The molecule has 1 heterocycles. The second-order valence-corrected chi connectivity index (χ2v) is 4.90. The van der Waals surface area contributed by atoms with Crippen molar-refractivity contribution in [3.63, 3.8) is 0 Å². The summed E-state index contributed by atoms with van der Waals surface area (Å²) in [6, 6.07) is 5.89. The van der Waals surface area contributed by atoms with Crippen LogP contribution in [0.1, 0.15) is 25.6 Å². The van der Waals surface area contributed by atoms with Gasteiger partial charge < -0.3 is 14.0 Å². The molecule has 1 aromatic carbocycles. The molecule has 0 spiro atoms. The van der Waals surface area contributed by atoms with Gasteiger partial charge in [0.15, 0.2) is 0 Å². The summed E-state index contributed by atoms with van der Waals surface area (Å²) in [5.41, 5.74) is 2.02. The fourth-order valence-corrected chi connectivity index (χ4v) is 2.41. The molecule has 0 aliphatic heterocycles. The van der Waals surface area contributed by atoms with E-state index in [1.54, 1.807) is 7.11 Å². The minimum Gasteiger partial charge on any atom is -0.497 e. The Morgan fingerprint density at radius 1 is 1.30 bits per heavy atom. The van der Waals surface area contributed by atoms with Crippen molar-refractivity contribution in [3.05, 3.63) is 24.0 Å². The number of benzene rings is 1. The van der Waals surface area contributed by atoms with Gasteiger partial charge in [0.1, 0.15) is 11.6 Å². The Labute approximate surface area is 124 Å². The molecule has 0 atom stereocenters. The second kappa shape index (κ2) is 7.50. The van der Waals surface area contributed by atoms with Gasteiger partial charge in [0.25, 0.3) is 0 Å². The molecule has 110 valence electrons. The third kappa shape index (κ3) is 3.44. The summed E-state index contributed by atoms with van der Waals surface area (Å²) in [6.45, 7) is 4.55. The number of alkyl halides is 1. The van der Waals surface area contributed by atoms with Crippen molar-refractivity contribution >= 4 is 22.6 Å². The van der Waals surface area contributed by atoms with E-state index in [1.165, 1.54) is 0 Å². The number of ether oxygens (including phenoxy) is 2. The monoisotopic (exact) mass is 296 g/mol. The number of halogens is 1. The van der Waals surface area contributed by atoms with E-state index in [-0.39, 0.29) is 0 Å². The molecule has 0 N–H and O–H groups in total. The number of rotatable bonds is 8. The lowest BCUT2D eigenvalue weighted by Gasteiger charge is -2.08. The van der Waals surface area contributed by atoms with E-state index in [4.69, 9.17) is 21.1 Å². The average Bonchev–Trinajstić information content (AvgIpc) is 2.84. The van der Waals surface area contributed by atoms with Gasteiger partial charge in [-0.1, -0.05) is 6.92 Å². The Hall–Kier alpha value is -1.26. The Balaban J connectivity index is 2.16. The average molecular weight is 297 g/mol. The lowest BCUT2D eigenvalue weighted by molar-refractivity contribution is 0.129. The van der Waals surface area contributed by atoms with Crippen LogP contribution in [0.3, 0.4) is 0 Å². The van der Waals surface area contributed by atoms with Crippen LogP contribution in [0.25, 0.3) is 11.0 Å². The molecule has 0 unspecified atom stereocenters. The van der Waals surface area contributed by atoms with Crippen molar-refractivity contribution in [2.24, 2.45) is 0 Å². The first kappa shape index (κ1) is 15.1. The second-order valence-electron chi connectivity index (χ2n) is 4.63. The highest BCUT2D eigenvalue weighted by atomic mass is 35.5. The number of aromatic nitrogens is 2. The lowest BCUT2D eigenvalue weighted by atomic mass is 10.3. The lowest BCUT2D eigenvalue weighted by Crippen LogP contribution is -2.06. The van der Waals surface area contributed by atoms with E-state index >= 15 is 0 Å². The summed E-state index contributed by atoms with van der Waals surface area (Å²) in [7, 11) is 1.67. The van der Waals surface area contributed by atoms with Crippen molar-refractivity contribution in [2.75, 3.05) is 20.3 Å². The Bertz CT molecular complexity index is 554. The maximum absolute atomic E-state index is 5.99. The first-order valence-corrected chi connectivity index (χ1v) is 7.50. The van der Waals surface area contributed by atoms with Gasteiger partial charge in [-0.25, -0.2) is 4.98 Å². The predicted octanol–water partition coefficient (Wildman–Crippen LogP) is 3.60. The molecule has 0 bridgehead atoms. The van der Waals surface area contributed by atoms with Crippen LogP contribution in [0, 0.1) is 0 Å². The first-order valence-electron chi connectivity index (χ1n) is 6.97. The maximum Gasteiger partial charge on any atom is 0.124 e.